The Morgan fingerprint density at radius 1 is 0.486 bits per heavy atom. The fraction of sp³-hybridized carbons (Fsp3) is 0.804. The minimum absolute atomic E-state index is 0.0440. The number of carbonyl (C=O) groups excluding carboxylic acids is 1. The van der Waals surface area contributed by atoms with Crippen LogP contribution in [0.25, 0.3) is 0 Å². The molecule has 14 heteroatoms. The van der Waals surface area contributed by atoms with Crippen molar-refractivity contribution in [2.24, 2.45) is 0 Å². The molecule has 0 aromatic heterocycles. The minimum Gasteiger partial charge on any atom is -0.457 e. The molecule has 14 nitrogen and oxygen atoms in total. The Morgan fingerprint density at radius 2 is 0.929 bits per heavy atom. The Hall–Kier alpha value is -2.31. The van der Waals surface area contributed by atoms with Gasteiger partial charge in [0, 0.05) is 13.0 Å². The Labute approximate surface area is 422 Å². The van der Waals surface area contributed by atoms with Gasteiger partial charge in [0.05, 0.1) is 26.4 Å². The number of unbranched alkanes of at least 4 members (excludes halogenated alkanes) is 19. The van der Waals surface area contributed by atoms with Crippen molar-refractivity contribution in [2.45, 2.75) is 255 Å². The molecule has 0 bridgehead atoms. The van der Waals surface area contributed by atoms with E-state index >= 15 is 0 Å². The molecule has 0 radical (unpaired) electrons. The molecule has 0 aromatic rings. The number of aliphatic hydroxyl groups is 7. The van der Waals surface area contributed by atoms with Crippen LogP contribution in [0.3, 0.4) is 0 Å². The van der Waals surface area contributed by atoms with Gasteiger partial charge in [0.2, 0.25) is 0 Å². The summed E-state index contributed by atoms with van der Waals surface area (Å²) < 4.78 is 34.3. The SMILES string of the molecule is CC/C=C\C/C=C\C/C=C\C/C=C\C/C=C\CCCCCCOCC(COC1OC(COC2OC(CO)C(O)C(O)C2O)C(O)C(O)C1O)OC(=O)CCCCCCCCCCCCCCCCCC. The molecule has 2 saturated heterocycles. The van der Waals surface area contributed by atoms with E-state index < -0.39 is 80.7 Å². The van der Waals surface area contributed by atoms with E-state index in [4.69, 9.17) is 28.4 Å². The average Bonchev–Trinajstić information content (AvgIpc) is 3.36. The summed E-state index contributed by atoms with van der Waals surface area (Å²) in [6.07, 6.45) is 35.6. The van der Waals surface area contributed by atoms with E-state index in [9.17, 15) is 40.5 Å². The van der Waals surface area contributed by atoms with E-state index in [0.717, 1.165) is 83.5 Å². The summed E-state index contributed by atoms with van der Waals surface area (Å²) in [4.78, 5) is 13.0. The number of hydrogen-bond donors (Lipinski definition) is 7. The van der Waals surface area contributed by atoms with Crippen molar-refractivity contribution >= 4 is 5.97 Å². The van der Waals surface area contributed by atoms with Gasteiger partial charge in [-0.1, -0.05) is 184 Å². The van der Waals surface area contributed by atoms with Gasteiger partial charge in [-0.05, 0) is 57.8 Å². The van der Waals surface area contributed by atoms with Crippen molar-refractivity contribution in [1.82, 2.24) is 0 Å². The Balaban J connectivity index is 1.76. The highest BCUT2D eigenvalue weighted by atomic mass is 16.7. The zero-order chi connectivity index (χ0) is 50.9. The molecular formula is C56H98O14. The van der Waals surface area contributed by atoms with E-state index in [1.165, 1.54) is 77.0 Å². The second-order valence-corrected chi connectivity index (χ2v) is 19.0. The smallest absolute Gasteiger partial charge is 0.306 e. The molecule has 7 N–H and O–H groups in total. The van der Waals surface area contributed by atoms with Gasteiger partial charge >= 0.3 is 5.97 Å². The van der Waals surface area contributed by atoms with Crippen LogP contribution in [0.4, 0.5) is 0 Å². The second-order valence-electron chi connectivity index (χ2n) is 19.0. The fourth-order valence-electron chi connectivity index (χ4n) is 8.37. The molecule has 2 aliphatic heterocycles. The lowest BCUT2D eigenvalue weighted by molar-refractivity contribution is -0.332. The molecule has 0 amide bonds. The van der Waals surface area contributed by atoms with Gasteiger partial charge in [-0.2, -0.15) is 0 Å². The Morgan fingerprint density at radius 3 is 1.46 bits per heavy atom. The highest BCUT2D eigenvalue weighted by molar-refractivity contribution is 5.69. The first-order chi connectivity index (χ1) is 34.1. The van der Waals surface area contributed by atoms with Gasteiger partial charge in [-0.15, -0.1) is 0 Å². The van der Waals surface area contributed by atoms with Crippen molar-refractivity contribution in [3.05, 3.63) is 60.8 Å². The Kier molecular flexibility index (Phi) is 39.3. The summed E-state index contributed by atoms with van der Waals surface area (Å²) in [6.45, 7) is 3.52. The highest BCUT2D eigenvalue weighted by Crippen LogP contribution is 2.26. The summed E-state index contributed by atoms with van der Waals surface area (Å²) in [5.41, 5.74) is 0. The molecule has 2 aliphatic rings. The monoisotopic (exact) mass is 995 g/mol. The first-order valence-corrected chi connectivity index (χ1v) is 27.4. The van der Waals surface area contributed by atoms with E-state index in [1.54, 1.807) is 0 Å². The van der Waals surface area contributed by atoms with Crippen molar-refractivity contribution in [3.8, 4) is 0 Å². The van der Waals surface area contributed by atoms with Crippen LogP contribution in [0.15, 0.2) is 60.8 Å². The average molecular weight is 995 g/mol. The van der Waals surface area contributed by atoms with Crippen molar-refractivity contribution < 1.29 is 69.0 Å². The van der Waals surface area contributed by atoms with Gasteiger partial charge in [-0.3, -0.25) is 4.79 Å². The fourth-order valence-corrected chi connectivity index (χ4v) is 8.37. The van der Waals surface area contributed by atoms with Gasteiger partial charge in [0.1, 0.15) is 54.9 Å². The Bertz CT molecular complexity index is 1390. The first kappa shape index (κ1) is 63.8. The lowest BCUT2D eigenvalue weighted by atomic mass is 9.98. The van der Waals surface area contributed by atoms with Crippen LogP contribution in [-0.4, -0.2) is 142 Å². The molecule has 11 unspecified atom stereocenters. The lowest BCUT2D eigenvalue weighted by Gasteiger charge is -2.42. The predicted octanol–water partition coefficient (Wildman–Crippen LogP) is 8.91. The quantitative estimate of drug-likeness (QED) is 0.0173. The highest BCUT2D eigenvalue weighted by Gasteiger charge is 2.47. The van der Waals surface area contributed by atoms with Gasteiger partial charge in [0.25, 0.3) is 0 Å². The maximum atomic E-state index is 13.0. The maximum Gasteiger partial charge on any atom is 0.306 e. The van der Waals surface area contributed by atoms with E-state index in [2.05, 4.69) is 74.6 Å². The molecule has 0 saturated carbocycles. The molecule has 0 spiro atoms. The molecule has 406 valence electrons. The number of rotatable bonds is 43. The third-order valence-corrected chi connectivity index (χ3v) is 12.8. The van der Waals surface area contributed by atoms with Crippen LogP contribution >= 0.6 is 0 Å². The maximum absolute atomic E-state index is 13.0. The zero-order valence-electron chi connectivity index (χ0n) is 43.2. The third kappa shape index (κ3) is 30.0. The van der Waals surface area contributed by atoms with Crippen LogP contribution in [-0.2, 0) is 33.2 Å². The van der Waals surface area contributed by atoms with Gasteiger partial charge < -0.3 is 64.2 Å². The molecule has 2 fully saturated rings. The zero-order valence-corrected chi connectivity index (χ0v) is 43.2. The summed E-state index contributed by atoms with van der Waals surface area (Å²) in [5, 5.41) is 72.2. The number of hydrogen-bond acceptors (Lipinski definition) is 14. The van der Waals surface area contributed by atoms with Gasteiger partial charge in [0.15, 0.2) is 12.6 Å². The molecule has 2 heterocycles. The molecular weight excluding hydrogens is 897 g/mol. The van der Waals surface area contributed by atoms with Gasteiger partial charge in [-0.25, -0.2) is 0 Å². The number of aliphatic hydroxyl groups excluding tert-OH is 7. The summed E-state index contributed by atoms with van der Waals surface area (Å²) in [5.74, 6) is -0.385. The van der Waals surface area contributed by atoms with Crippen LogP contribution in [0.2, 0.25) is 0 Å². The van der Waals surface area contributed by atoms with Crippen LogP contribution < -0.4 is 0 Å². The summed E-state index contributed by atoms with van der Waals surface area (Å²) >= 11 is 0. The minimum atomic E-state index is -1.71. The second kappa shape index (κ2) is 43.1. The van der Waals surface area contributed by atoms with E-state index in [0.29, 0.717) is 13.0 Å². The topological polar surface area (TPSA) is 214 Å². The van der Waals surface area contributed by atoms with Crippen LogP contribution in [0, 0.1) is 0 Å². The standard InChI is InChI=1S/C56H98O14/c1-3-5-7-9-11-13-15-17-19-21-22-23-24-26-28-30-32-34-36-38-40-65-42-45(68-48(58)39-37-35-33-31-29-27-25-20-18-16-14-12-10-8-6-4-2)43-66-55-54(64)52(62)50(60)47(70-55)44-67-56-53(63)51(61)49(59)46(41-57)69-56/h5,7,11,13,17,19,22-23,26,28,45-47,49-57,59-64H,3-4,6,8-10,12,14-16,18,20-21,24-25,27,29-44H2,1-2H3/b7-5-,13-11-,19-17-,23-22-,28-26-. The molecule has 2 rings (SSSR count). The van der Waals surface area contributed by atoms with E-state index in [-0.39, 0.29) is 25.6 Å². The largest absolute Gasteiger partial charge is 0.457 e. The number of ether oxygens (including phenoxy) is 6. The van der Waals surface area contributed by atoms with Crippen LogP contribution in [0.5, 0.6) is 0 Å². The number of esters is 1. The predicted molar refractivity (Wildman–Crippen MR) is 275 cm³/mol. The van der Waals surface area contributed by atoms with Crippen molar-refractivity contribution in [2.75, 3.05) is 33.0 Å². The molecule has 0 aromatic carbocycles. The molecule has 70 heavy (non-hydrogen) atoms. The number of carbonyl (C=O) groups is 1. The number of allylic oxidation sites excluding steroid dienone is 10. The van der Waals surface area contributed by atoms with Crippen molar-refractivity contribution in [1.29, 1.82) is 0 Å². The summed E-state index contributed by atoms with van der Waals surface area (Å²) in [6, 6.07) is 0. The van der Waals surface area contributed by atoms with E-state index in [1.807, 2.05) is 0 Å². The van der Waals surface area contributed by atoms with Crippen LogP contribution in [0.1, 0.15) is 187 Å². The summed E-state index contributed by atoms with van der Waals surface area (Å²) in [7, 11) is 0. The van der Waals surface area contributed by atoms with Crippen molar-refractivity contribution in [3.63, 3.8) is 0 Å². The normalized spacial score (nSPS) is 26.0. The molecule has 11 atom stereocenters. The first-order valence-electron chi connectivity index (χ1n) is 27.4. The molecule has 0 aliphatic carbocycles. The third-order valence-electron chi connectivity index (χ3n) is 12.8. The lowest BCUT2D eigenvalue weighted by Crippen LogP contribution is -2.61.